The topological polar surface area (TPSA) is 0 Å². The van der Waals surface area contributed by atoms with E-state index in [-0.39, 0.29) is 0 Å². The Labute approximate surface area is 242 Å². The van der Waals surface area contributed by atoms with Gasteiger partial charge in [0.15, 0.2) is 0 Å². The van der Waals surface area contributed by atoms with Gasteiger partial charge in [-0.15, -0.1) is 0 Å². The highest BCUT2D eigenvalue weighted by Crippen LogP contribution is 2.56. The Balaban J connectivity index is 1.57. The first kappa shape index (κ1) is 24.3. The summed E-state index contributed by atoms with van der Waals surface area (Å²) in [6, 6.07) is 56.2. The van der Waals surface area contributed by atoms with Crippen LogP contribution < -0.4 is 5.30 Å². The van der Waals surface area contributed by atoms with Gasteiger partial charge in [-0.25, -0.2) is 0 Å². The molecule has 0 saturated carbocycles. The molecule has 1 heterocycles. The SMILES string of the molecule is c1ccc(-c2cc3ccccc3c3c2CP(c2ccccc2)Cc2c(-c4ccccc4)cc4ccccc4c2-3)cc1. The third-order valence-electron chi connectivity index (χ3n) is 8.55. The van der Waals surface area contributed by atoms with Crippen molar-refractivity contribution in [3.05, 3.63) is 163 Å². The van der Waals surface area contributed by atoms with E-state index in [1.807, 2.05) is 0 Å². The van der Waals surface area contributed by atoms with E-state index in [1.54, 1.807) is 0 Å². The van der Waals surface area contributed by atoms with Crippen LogP contribution in [0.2, 0.25) is 0 Å². The molecule has 8 rings (SSSR count). The molecule has 0 fully saturated rings. The maximum atomic E-state index is 2.44. The van der Waals surface area contributed by atoms with E-state index >= 15 is 0 Å². The van der Waals surface area contributed by atoms with Crippen LogP contribution in [0.5, 0.6) is 0 Å². The van der Waals surface area contributed by atoms with Crippen molar-refractivity contribution < 1.29 is 0 Å². The minimum absolute atomic E-state index is 0.491. The summed E-state index contributed by atoms with van der Waals surface area (Å²) in [7, 11) is -0.491. The highest BCUT2D eigenvalue weighted by atomic mass is 31.1. The average Bonchev–Trinajstić information content (AvgIpc) is 3.23. The molecular formula is C40H29P. The molecule has 0 spiro atoms. The van der Waals surface area contributed by atoms with E-state index in [9.17, 15) is 0 Å². The van der Waals surface area contributed by atoms with Crippen LogP contribution in [-0.4, -0.2) is 0 Å². The smallest absolute Gasteiger partial charge is 0.00172 e. The lowest BCUT2D eigenvalue weighted by molar-refractivity contribution is 1.39. The zero-order valence-electron chi connectivity index (χ0n) is 22.8. The third kappa shape index (κ3) is 4.19. The van der Waals surface area contributed by atoms with E-state index in [0.29, 0.717) is 0 Å². The Morgan fingerprint density at radius 2 is 0.780 bits per heavy atom. The second kappa shape index (κ2) is 10.2. The summed E-state index contributed by atoms with van der Waals surface area (Å²) in [4.78, 5) is 0. The molecule has 194 valence electrons. The van der Waals surface area contributed by atoms with Crippen molar-refractivity contribution in [1.82, 2.24) is 0 Å². The number of fused-ring (bicyclic) bond motifs is 7. The lowest BCUT2D eigenvalue weighted by Crippen LogP contribution is -2.04. The fourth-order valence-electron chi connectivity index (χ4n) is 6.69. The van der Waals surface area contributed by atoms with Gasteiger partial charge in [0.05, 0.1) is 0 Å². The summed E-state index contributed by atoms with van der Waals surface area (Å²) in [6.07, 6.45) is 2.11. The monoisotopic (exact) mass is 540 g/mol. The van der Waals surface area contributed by atoms with E-state index in [4.69, 9.17) is 0 Å². The second-order valence-corrected chi connectivity index (χ2v) is 13.1. The molecule has 1 aliphatic heterocycles. The van der Waals surface area contributed by atoms with Gasteiger partial charge in [0.25, 0.3) is 0 Å². The first-order chi connectivity index (χ1) is 20.3. The summed E-state index contributed by atoms with van der Waals surface area (Å²) < 4.78 is 0. The highest BCUT2D eigenvalue weighted by molar-refractivity contribution is 7.64. The molecule has 0 aromatic heterocycles. The predicted molar refractivity (Wildman–Crippen MR) is 178 cm³/mol. The summed E-state index contributed by atoms with van der Waals surface area (Å²) in [5.41, 5.74) is 11.1. The standard InChI is InChI=1S/C40H29P/c1-4-14-28(15-5-1)35-24-30-18-10-12-22-33(30)39-37(35)26-41(32-20-8-3-9-21-32)27-38-36(29-16-6-2-7-17-29)25-31-19-11-13-23-34(31)40(38)39/h1-25H,26-27H2. The van der Waals surface area contributed by atoms with Crippen LogP contribution in [0.25, 0.3) is 54.9 Å². The maximum absolute atomic E-state index is 2.44. The molecule has 0 unspecified atom stereocenters. The molecular weight excluding hydrogens is 511 g/mol. The average molecular weight is 541 g/mol. The molecule has 0 saturated heterocycles. The fourth-order valence-corrected chi connectivity index (χ4v) is 9.18. The molecule has 7 aromatic carbocycles. The Morgan fingerprint density at radius 1 is 0.390 bits per heavy atom. The zero-order chi connectivity index (χ0) is 27.2. The molecule has 1 aliphatic rings. The Bertz CT molecular complexity index is 1890. The van der Waals surface area contributed by atoms with Crippen molar-refractivity contribution in [3.63, 3.8) is 0 Å². The third-order valence-corrected chi connectivity index (χ3v) is 11.0. The van der Waals surface area contributed by atoms with Gasteiger partial charge in [0.2, 0.25) is 0 Å². The van der Waals surface area contributed by atoms with Gasteiger partial charge in [-0.05, 0) is 95.8 Å². The number of hydrogen-bond donors (Lipinski definition) is 0. The molecule has 0 N–H and O–H groups in total. The van der Waals surface area contributed by atoms with Gasteiger partial charge in [0.1, 0.15) is 0 Å². The quantitative estimate of drug-likeness (QED) is 0.196. The molecule has 0 radical (unpaired) electrons. The van der Waals surface area contributed by atoms with Crippen LogP contribution in [0.4, 0.5) is 0 Å². The molecule has 41 heavy (non-hydrogen) atoms. The second-order valence-electron chi connectivity index (χ2n) is 10.9. The van der Waals surface area contributed by atoms with E-state index < -0.39 is 7.92 Å². The number of rotatable bonds is 3. The Kier molecular flexibility index (Phi) is 6.02. The summed E-state index contributed by atoms with van der Waals surface area (Å²) in [5, 5.41) is 6.78. The molecule has 1 heteroatoms. The summed E-state index contributed by atoms with van der Waals surface area (Å²) >= 11 is 0. The van der Waals surface area contributed by atoms with Crippen molar-refractivity contribution in [2.45, 2.75) is 12.3 Å². The van der Waals surface area contributed by atoms with Crippen molar-refractivity contribution in [1.29, 1.82) is 0 Å². The van der Waals surface area contributed by atoms with Gasteiger partial charge in [0, 0.05) is 0 Å². The number of hydrogen-bond acceptors (Lipinski definition) is 0. The molecule has 0 bridgehead atoms. The van der Waals surface area contributed by atoms with E-state index in [0.717, 1.165) is 12.3 Å². The van der Waals surface area contributed by atoms with Crippen molar-refractivity contribution in [2.75, 3.05) is 0 Å². The maximum Gasteiger partial charge on any atom is -0.00172 e. The van der Waals surface area contributed by atoms with E-state index in [2.05, 4.69) is 152 Å². The molecule has 0 atom stereocenters. The van der Waals surface area contributed by atoms with Crippen molar-refractivity contribution in [3.8, 4) is 33.4 Å². The molecule has 0 amide bonds. The van der Waals surface area contributed by atoms with Gasteiger partial charge >= 0.3 is 0 Å². The van der Waals surface area contributed by atoms with Crippen LogP contribution in [-0.2, 0) is 12.3 Å². The fraction of sp³-hybridized carbons (Fsp3) is 0.0500. The van der Waals surface area contributed by atoms with Gasteiger partial charge < -0.3 is 0 Å². The molecule has 0 nitrogen and oxygen atoms in total. The first-order valence-corrected chi connectivity index (χ1v) is 16.1. The van der Waals surface area contributed by atoms with Crippen molar-refractivity contribution >= 4 is 34.8 Å². The lowest BCUT2D eigenvalue weighted by Gasteiger charge is -2.21. The van der Waals surface area contributed by atoms with Crippen LogP contribution >= 0.6 is 7.92 Å². The highest BCUT2D eigenvalue weighted by Gasteiger charge is 2.29. The van der Waals surface area contributed by atoms with Gasteiger partial charge in [-0.3, -0.25) is 0 Å². The minimum Gasteiger partial charge on any atom is -0.0663 e. The Hall–Kier alpha value is -4.51. The predicted octanol–water partition coefficient (Wildman–Crippen LogP) is 10.8. The Morgan fingerprint density at radius 3 is 1.24 bits per heavy atom. The van der Waals surface area contributed by atoms with Crippen LogP contribution in [0.1, 0.15) is 11.1 Å². The zero-order valence-corrected chi connectivity index (χ0v) is 23.7. The first-order valence-electron chi connectivity index (χ1n) is 14.4. The number of benzene rings is 7. The van der Waals surface area contributed by atoms with Crippen molar-refractivity contribution in [2.24, 2.45) is 0 Å². The van der Waals surface area contributed by atoms with Gasteiger partial charge in [-0.2, -0.15) is 0 Å². The minimum atomic E-state index is -0.491. The lowest BCUT2D eigenvalue weighted by atomic mass is 9.82. The molecule has 7 aromatic rings. The van der Waals surface area contributed by atoms with Crippen LogP contribution in [0.3, 0.4) is 0 Å². The normalized spacial score (nSPS) is 13.1. The summed E-state index contributed by atoms with van der Waals surface area (Å²) in [6.45, 7) is 0. The van der Waals surface area contributed by atoms with Crippen LogP contribution in [0.15, 0.2) is 152 Å². The van der Waals surface area contributed by atoms with Crippen LogP contribution in [0, 0.1) is 0 Å². The largest absolute Gasteiger partial charge is 0.0663 e. The van der Waals surface area contributed by atoms with E-state index in [1.165, 1.54) is 71.4 Å². The van der Waals surface area contributed by atoms with Gasteiger partial charge in [-0.1, -0.05) is 147 Å². The summed E-state index contributed by atoms with van der Waals surface area (Å²) in [5.74, 6) is 0. The molecule has 0 aliphatic carbocycles.